The summed E-state index contributed by atoms with van der Waals surface area (Å²) < 4.78 is 0. The summed E-state index contributed by atoms with van der Waals surface area (Å²) >= 11 is 0. The molecular weight excluding hydrogens is 254 g/mol. The summed E-state index contributed by atoms with van der Waals surface area (Å²) in [7, 11) is 1.64. The van der Waals surface area contributed by atoms with E-state index in [0.717, 1.165) is 16.8 Å². The number of benzene rings is 2. The molecule has 4 heteroatoms. The molecule has 0 saturated heterocycles. The number of phenols is 2. The lowest BCUT2D eigenvalue weighted by Gasteiger charge is -2.20. The monoisotopic (exact) mass is 271 g/mol. The number of aryl methyl sites for hydroxylation is 2. The molecule has 0 aromatic heterocycles. The first-order valence-corrected chi connectivity index (χ1v) is 6.27. The van der Waals surface area contributed by atoms with E-state index < -0.39 is 0 Å². The van der Waals surface area contributed by atoms with Crippen LogP contribution in [0.3, 0.4) is 0 Å². The fourth-order valence-corrected chi connectivity index (χ4v) is 2.17. The van der Waals surface area contributed by atoms with Crippen molar-refractivity contribution in [3.8, 4) is 11.5 Å². The molecule has 2 rings (SSSR count). The number of aromatic hydroxyl groups is 2. The average molecular weight is 271 g/mol. The molecule has 0 radical (unpaired) electrons. The van der Waals surface area contributed by atoms with Gasteiger partial charge in [0.15, 0.2) is 0 Å². The van der Waals surface area contributed by atoms with Gasteiger partial charge in [0, 0.05) is 12.7 Å². The van der Waals surface area contributed by atoms with Crippen LogP contribution in [0.4, 0.5) is 5.69 Å². The topological polar surface area (TPSA) is 60.8 Å². The molecule has 0 atom stereocenters. The van der Waals surface area contributed by atoms with E-state index in [-0.39, 0.29) is 23.0 Å². The smallest absolute Gasteiger partial charge is 0.261 e. The lowest BCUT2D eigenvalue weighted by atomic mass is 10.1. The second kappa shape index (κ2) is 5.25. The molecule has 0 aliphatic heterocycles. The SMILES string of the molecule is Cc1ccc(N(C)C(=O)c2cc(O)ccc2O)c(C)c1. The van der Waals surface area contributed by atoms with Crippen molar-refractivity contribution in [2.75, 3.05) is 11.9 Å². The molecule has 0 heterocycles. The van der Waals surface area contributed by atoms with E-state index in [0.29, 0.717) is 0 Å². The van der Waals surface area contributed by atoms with Crippen molar-refractivity contribution < 1.29 is 15.0 Å². The summed E-state index contributed by atoms with van der Waals surface area (Å²) in [6.07, 6.45) is 0. The molecule has 2 aromatic carbocycles. The van der Waals surface area contributed by atoms with Crippen molar-refractivity contribution in [3.05, 3.63) is 53.1 Å². The van der Waals surface area contributed by atoms with Crippen LogP contribution in [0.2, 0.25) is 0 Å². The lowest BCUT2D eigenvalue weighted by molar-refractivity contribution is 0.0990. The maximum absolute atomic E-state index is 12.4. The van der Waals surface area contributed by atoms with Crippen molar-refractivity contribution in [3.63, 3.8) is 0 Å². The molecule has 0 aliphatic rings. The van der Waals surface area contributed by atoms with Gasteiger partial charge in [-0.3, -0.25) is 4.79 Å². The zero-order valence-electron chi connectivity index (χ0n) is 11.7. The second-order valence-electron chi connectivity index (χ2n) is 4.86. The van der Waals surface area contributed by atoms with Crippen LogP contribution in [-0.2, 0) is 0 Å². The first-order valence-electron chi connectivity index (χ1n) is 6.27. The quantitative estimate of drug-likeness (QED) is 0.825. The van der Waals surface area contributed by atoms with Crippen molar-refractivity contribution in [1.82, 2.24) is 0 Å². The summed E-state index contributed by atoms with van der Waals surface area (Å²) in [4.78, 5) is 13.9. The third-order valence-corrected chi connectivity index (χ3v) is 3.23. The molecule has 0 aliphatic carbocycles. The van der Waals surface area contributed by atoms with Gasteiger partial charge >= 0.3 is 0 Å². The zero-order chi connectivity index (χ0) is 14.9. The number of rotatable bonds is 2. The standard InChI is InChI=1S/C16H17NO3/c1-10-4-6-14(11(2)8-10)17(3)16(20)13-9-12(18)5-7-15(13)19/h4-9,18-19H,1-3H3. The molecule has 0 saturated carbocycles. The number of nitrogens with zero attached hydrogens (tertiary/aromatic N) is 1. The Balaban J connectivity index is 2.40. The minimum Gasteiger partial charge on any atom is -0.508 e. The Morgan fingerprint density at radius 1 is 1.05 bits per heavy atom. The second-order valence-corrected chi connectivity index (χ2v) is 4.86. The van der Waals surface area contributed by atoms with Crippen LogP contribution >= 0.6 is 0 Å². The molecule has 0 unspecified atom stereocenters. The van der Waals surface area contributed by atoms with Crippen molar-refractivity contribution >= 4 is 11.6 Å². The Hall–Kier alpha value is -2.49. The third-order valence-electron chi connectivity index (χ3n) is 3.23. The largest absolute Gasteiger partial charge is 0.508 e. The fourth-order valence-electron chi connectivity index (χ4n) is 2.17. The molecule has 0 spiro atoms. The predicted molar refractivity (Wildman–Crippen MR) is 78.4 cm³/mol. The van der Waals surface area contributed by atoms with Crippen molar-refractivity contribution in [2.24, 2.45) is 0 Å². The van der Waals surface area contributed by atoms with Gasteiger partial charge in [-0.25, -0.2) is 0 Å². The van der Waals surface area contributed by atoms with E-state index in [1.807, 2.05) is 32.0 Å². The lowest BCUT2D eigenvalue weighted by Crippen LogP contribution is -2.27. The number of anilines is 1. The van der Waals surface area contributed by atoms with E-state index >= 15 is 0 Å². The van der Waals surface area contributed by atoms with Crippen LogP contribution in [0.15, 0.2) is 36.4 Å². The summed E-state index contributed by atoms with van der Waals surface area (Å²) in [6, 6.07) is 9.68. The van der Waals surface area contributed by atoms with Crippen LogP contribution < -0.4 is 4.90 Å². The molecule has 0 fully saturated rings. The van der Waals surface area contributed by atoms with Gasteiger partial charge in [0.2, 0.25) is 0 Å². The average Bonchev–Trinajstić information content (AvgIpc) is 2.40. The van der Waals surface area contributed by atoms with E-state index in [1.54, 1.807) is 7.05 Å². The van der Waals surface area contributed by atoms with Crippen molar-refractivity contribution in [2.45, 2.75) is 13.8 Å². The van der Waals surface area contributed by atoms with Crippen LogP contribution in [0.1, 0.15) is 21.5 Å². The van der Waals surface area contributed by atoms with E-state index in [2.05, 4.69) is 0 Å². The fraction of sp³-hybridized carbons (Fsp3) is 0.188. The number of hydrogen-bond donors (Lipinski definition) is 2. The van der Waals surface area contributed by atoms with Gasteiger partial charge in [-0.2, -0.15) is 0 Å². The van der Waals surface area contributed by atoms with Gasteiger partial charge in [-0.15, -0.1) is 0 Å². The number of hydrogen-bond acceptors (Lipinski definition) is 3. The van der Waals surface area contributed by atoms with Gasteiger partial charge < -0.3 is 15.1 Å². The first-order chi connectivity index (χ1) is 9.40. The van der Waals surface area contributed by atoms with E-state index in [1.165, 1.54) is 23.1 Å². The third kappa shape index (κ3) is 2.59. The highest BCUT2D eigenvalue weighted by molar-refractivity contribution is 6.08. The van der Waals surface area contributed by atoms with Gasteiger partial charge in [-0.1, -0.05) is 17.7 Å². The number of carbonyl (C=O) groups is 1. The molecule has 20 heavy (non-hydrogen) atoms. The number of phenolic OH excluding ortho intramolecular Hbond substituents is 2. The van der Waals surface area contributed by atoms with Gasteiger partial charge in [0.25, 0.3) is 5.91 Å². The highest BCUT2D eigenvalue weighted by Crippen LogP contribution is 2.27. The zero-order valence-corrected chi connectivity index (χ0v) is 11.7. The highest BCUT2D eigenvalue weighted by Gasteiger charge is 2.19. The summed E-state index contributed by atoms with van der Waals surface area (Å²) in [5.74, 6) is -0.574. The normalized spacial score (nSPS) is 10.3. The van der Waals surface area contributed by atoms with E-state index in [9.17, 15) is 15.0 Å². The van der Waals surface area contributed by atoms with Crippen LogP contribution in [0.5, 0.6) is 11.5 Å². The molecular formula is C16H17NO3. The van der Waals surface area contributed by atoms with Gasteiger partial charge in [-0.05, 0) is 43.7 Å². The first kappa shape index (κ1) is 13.9. The molecule has 1 amide bonds. The van der Waals surface area contributed by atoms with Gasteiger partial charge in [0.05, 0.1) is 5.56 Å². The predicted octanol–water partition coefficient (Wildman–Crippen LogP) is 2.99. The molecule has 0 bridgehead atoms. The number of carbonyl (C=O) groups excluding carboxylic acids is 1. The summed E-state index contributed by atoms with van der Waals surface area (Å²) in [5.41, 5.74) is 2.93. The Morgan fingerprint density at radius 3 is 2.40 bits per heavy atom. The Kier molecular flexibility index (Phi) is 3.66. The molecule has 2 aromatic rings. The number of amides is 1. The minimum absolute atomic E-state index is 0.0554. The highest BCUT2D eigenvalue weighted by atomic mass is 16.3. The minimum atomic E-state index is -0.370. The molecule has 104 valence electrons. The van der Waals surface area contributed by atoms with Crippen molar-refractivity contribution in [1.29, 1.82) is 0 Å². The summed E-state index contributed by atoms with van der Waals surface area (Å²) in [5, 5.41) is 19.2. The maximum atomic E-state index is 12.4. The van der Waals surface area contributed by atoms with E-state index in [4.69, 9.17) is 0 Å². The summed E-state index contributed by atoms with van der Waals surface area (Å²) in [6.45, 7) is 3.91. The Labute approximate surface area is 117 Å². The van der Waals surface area contributed by atoms with Gasteiger partial charge in [0.1, 0.15) is 11.5 Å². The van der Waals surface area contributed by atoms with Crippen LogP contribution in [0.25, 0.3) is 0 Å². The van der Waals surface area contributed by atoms with Crippen LogP contribution in [0, 0.1) is 13.8 Å². The Bertz CT molecular complexity index is 665. The maximum Gasteiger partial charge on any atom is 0.261 e. The Morgan fingerprint density at radius 2 is 1.75 bits per heavy atom. The molecule has 2 N–H and O–H groups in total. The molecule has 4 nitrogen and oxygen atoms in total. The van der Waals surface area contributed by atoms with Crippen LogP contribution in [-0.4, -0.2) is 23.2 Å².